The van der Waals surface area contributed by atoms with Crippen molar-refractivity contribution in [1.29, 1.82) is 0 Å². The second-order valence-corrected chi connectivity index (χ2v) is 5.78. The molecule has 0 spiro atoms. The summed E-state index contributed by atoms with van der Waals surface area (Å²) >= 11 is 6.06. The molecule has 0 saturated carbocycles. The second kappa shape index (κ2) is 6.92. The largest absolute Gasteiger partial charge is 0.354 e. The standard InChI is InChI=1S/C16H19ClFN3O/c1-10(13-4-6-14(18)7-5-13)8-19-15(22)9-21-12(3)16(17)11(2)20-21/h4-7,10H,8-9H2,1-3H3,(H,19,22). The van der Waals surface area contributed by atoms with Crippen molar-refractivity contribution in [1.82, 2.24) is 15.1 Å². The number of aromatic nitrogens is 2. The molecule has 1 aromatic heterocycles. The van der Waals surface area contributed by atoms with E-state index < -0.39 is 0 Å². The zero-order valence-corrected chi connectivity index (χ0v) is 13.6. The Balaban J connectivity index is 1.89. The van der Waals surface area contributed by atoms with Gasteiger partial charge in [-0.3, -0.25) is 9.48 Å². The minimum atomic E-state index is -0.263. The molecule has 6 heteroatoms. The number of rotatable bonds is 5. The molecule has 0 fully saturated rings. The molecule has 1 aromatic carbocycles. The van der Waals surface area contributed by atoms with Gasteiger partial charge in [-0.1, -0.05) is 30.7 Å². The third-order valence-corrected chi connectivity index (χ3v) is 4.18. The van der Waals surface area contributed by atoms with Crippen molar-refractivity contribution >= 4 is 17.5 Å². The van der Waals surface area contributed by atoms with E-state index in [1.165, 1.54) is 12.1 Å². The zero-order valence-electron chi connectivity index (χ0n) is 12.9. The topological polar surface area (TPSA) is 46.9 Å². The summed E-state index contributed by atoms with van der Waals surface area (Å²) in [4.78, 5) is 12.0. The summed E-state index contributed by atoms with van der Waals surface area (Å²) in [5.74, 6) is -0.286. The smallest absolute Gasteiger partial charge is 0.241 e. The fraction of sp³-hybridized carbons (Fsp3) is 0.375. The molecule has 0 aliphatic heterocycles. The van der Waals surface area contributed by atoms with Gasteiger partial charge in [0.15, 0.2) is 0 Å². The van der Waals surface area contributed by atoms with Crippen LogP contribution in [0.3, 0.4) is 0 Å². The van der Waals surface area contributed by atoms with Crippen molar-refractivity contribution in [3.63, 3.8) is 0 Å². The molecule has 1 amide bonds. The maximum absolute atomic E-state index is 12.9. The Morgan fingerprint density at radius 2 is 2.00 bits per heavy atom. The van der Waals surface area contributed by atoms with Gasteiger partial charge >= 0.3 is 0 Å². The predicted octanol–water partition coefficient (Wildman–Crippen LogP) is 3.21. The van der Waals surface area contributed by atoms with Crippen molar-refractivity contribution in [2.75, 3.05) is 6.54 Å². The third kappa shape index (κ3) is 3.85. The SMILES string of the molecule is Cc1nn(CC(=O)NCC(C)c2ccc(F)cc2)c(C)c1Cl. The summed E-state index contributed by atoms with van der Waals surface area (Å²) in [6, 6.07) is 6.30. The first-order valence-corrected chi connectivity index (χ1v) is 7.48. The van der Waals surface area contributed by atoms with E-state index in [-0.39, 0.29) is 24.2 Å². The number of hydrogen-bond donors (Lipinski definition) is 1. The van der Waals surface area contributed by atoms with Crippen LogP contribution in [-0.4, -0.2) is 22.2 Å². The lowest BCUT2D eigenvalue weighted by Crippen LogP contribution is -2.31. The number of carbonyl (C=O) groups excluding carboxylic acids is 1. The molecule has 0 saturated heterocycles. The molecule has 1 N–H and O–H groups in total. The molecule has 4 nitrogen and oxygen atoms in total. The van der Waals surface area contributed by atoms with Crippen LogP contribution in [-0.2, 0) is 11.3 Å². The second-order valence-electron chi connectivity index (χ2n) is 5.40. The molecule has 118 valence electrons. The van der Waals surface area contributed by atoms with E-state index in [1.807, 2.05) is 13.8 Å². The summed E-state index contributed by atoms with van der Waals surface area (Å²) < 4.78 is 14.5. The maximum atomic E-state index is 12.9. The Kier molecular flexibility index (Phi) is 5.19. The molecule has 1 heterocycles. The van der Waals surface area contributed by atoms with E-state index in [4.69, 9.17) is 11.6 Å². The Labute approximate surface area is 134 Å². The van der Waals surface area contributed by atoms with E-state index in [2.05, 4.69) is 10.4 Å². The Hall–Kier alpha value is -1.88. The van der Waals surface area contributed by atoms with Crippen LogP contribution in [0.5, 0.6) is 0 Å². The molecule has 2 rings (SSSR count). The van der Waals surface area contributed by atoms with Crippen LogP contribution in [0.1, 0.15) is 29.8 Å². The van der Waals surface area contributed by atoms with Crippen molar-refractivity contribution in [2.24, 2.45) is 0 Å². The number of halogens is 2. The molecule has 0 aliphatic rings. The highest BCUT2D eigenvalue weighted by Crippen LogP contribution is 2.18. The van der Waals surface area contributed by atoms with Crippen molar-refractivity contribution < 1.29 is 9.18 Å². The molecule has 1 atom stereocenters. The lowest BCUT2D eigenvalue weighted by molar-refractivity contribution is -0.121. The minimum absolute atomic E-state index is 0.105. The number of hydrogen-bond acceptors (Lipinski definition) is 2. The Bertz CT molecular complexity index is 667. The maximum Gasteiger partial charge on any atom is 0.241 e. The summed E-state index contributed by atoms with van der Waals surface area (Å²) in [7, 11) is 0. The van der Waals surface area contributed by atoms with E-state index in [1.54, 1.807) is 23.7 Å². The molecule has 22 heavy (non-hydrogen) atoms. The van der Waals surface area contributed by atoms with Crippen LogP contribution in [0, 0.1) is 19.7 Å². The lowest BCUT2D eigenvalue weighted by atomic mass is 10.0. The fourth-order valence-electron chi connectivity index (χ4n) is 2.20. The summed E-state index contributed by atoms with van der Waals surface area (Å²) in [6.07, 6.45) is 0. The lowest BCUT2D eigenvalue weighted by Gasteiger charge is -2.13. The number of nitrogens with one attached hydrogen (secondary N) is 1. The zero-order chi connectivity index (χ0) is 16.3. The van der Waals surface area contributed by atoms with Crippen LogP contribution < -0.4 is 5.32 Å². The Morgan fingerprint density at radius 3 is 2.55 bits per heavy atom. The van der Waals surface area contributed by atoms with Crippen molar-refractivity contribution in [3.05, 3.63) is 52.1 Å². The van der Waals surface area contributed by atoms with E-state index >= 15 is 0 Å². The van der Waals surface area contributed by atoms with Gasteiger partial charge in [-0.15, -0.1) is 0 Å². The highest BCUT2D eigenvalue weighted by Gasteiger charge is 2.13. The van der Waals surface area contributed by atoms with Gasteiger partial charge in [0.1, 0.15) is 12.4 Å². The molecular weight excluding hydrogens is 305 g/mol. The van der Waals surface area contributed by atoms with E-state index in [0.717, 1.165) is 11.3 Å². The van der Waals surface area contributed by atoms with Crippen LogP contribution in [0.4, 0.5) is 4.39 Å². The van der Waals surface area contributed by atoms with Crippen LogP contribution >= 0.6 is 11.6 Å². The molecular formula is C16H19ClFN3O. The normalized spacial score (nSPS) is 12.2. The molecule has 2 aromatic rings. The molecule has 0 aliphatic carbocycles. The van der Waals surface area contributed by atoms with Crippen LogP contribution in [0.15, 0.2) is 24.3 Å². The van der Waals surface area contributed by atoms with Gasteiger partial charge in [0.05, 0.1) is 16.4 Å². The quantitative estimate of drug-likeness (QED) is 0.918. The van der Waals surface area contributed by atoms with E-state index in [9.17, 15) is 9.18 Å². The highest BCUT2D eigenvalue weighted by molar-refractivity contribution is 6.31. The molecule has 1 unspecified atom stereocenters. The van der Waals surface area contributed by atoms with E-state index in [0.29, 0.717) is 17.3 Å². The first kappa shape index (κ1) is 16.5. The molecule has 0 radical (unpaired) electrons. The average molecular weight is 324 g/mol. The van der Waals surface area contributed by atoms with Gasteiger partial charge in [0.2, 0.25) is 5.91 Å². The number of nitrogens with zero attached hydrogens (tertiary/aromatic N) is 2. The van der Waals surface area contributed by atoms with Gasteiger partial charge in [0.25, 0.3) is 0 Å². The number of aryl methyl sites for hydroxylation is 1. The summed E-state index contributed by atoms with van der Waals surface area (Å²) in [5.41, 5.74) is 2.48. The molecule has 0 bridgehead atoms. The number of benzene rings is 1. The monoisotopic (exact) mass is 323 g/mol. The highest BCUT2D eigenvalue weighted by atomic mass is 35.5. The van der Waals surface area contributed by atoms with Gasteiger partial charge < -0.3 is 5.32 Å². The third-order valence-electron chi connectivity index (χ3n) is 3.63. The van der Waals surface area contributed by atoms with Crippen molar-refractivity contribution in [2.45, 2.75) is 33.2 Å². The van der Waals surface area contributed by atoms with Crippen LogP contribution in [0.2, 0.25) is 5.02 Å². The minimum Gasteiger partial charge on any atom is -0.354 e. The summed E-state index contributed by atoms with van der Waals surface area (Å²) in [6.45, 7) is 6.23. The van der Waals surface area contributed by atoms with Gasteiger partial charge in [-0.25, -0.2) is 4.39 Å². The summed E-state index contributed by atoms with van der Waals surface area (Å²) in [5, 5.41) is 7.68. The predicted molar refractivity (Wildman–Crippen MR) is 84.5 cm³/mol. The van der Waals surface area contributed by atoms with Crippen LogP contribution in [0.25, 0.3) is 0 Å². The number of carbonyl (C=O) groups is 1. The van der Waals surface area contributed by atoms with Gasteiger partial charge in [-0.2, -0.15) is 5.10 Å². The Morgan fingerprint density at radius 1 is 1.36 bits per heavy atom. The van der Waals surface area contributed by atoms with Gasteiger partial charge in [-0.05, 0) is 37.5 Å². The van der Waals surface area contributed by atoms with Crippen molar-refractivity contribution in [3.8, 4) is 0 Å². The first-order chi connectivity index (χ1) is 10.4. The number of amides is 1. The average Bonchev–Trinajstić information content (AvgIpc) is 2.73. The first-order valence-electron chi connectivity index (χ1n) is 7.10. The van der Waals surface area contributed by atoms with Gasteiger partial charge in [0, 0.05) is 6.54 Å². The fourth-order valence-corrected chi connectivity index (χ4v) is 2.33.